The molecule has 4 nitrogen and oxygen atoms in total. The maximum atomic E-state index is 12.3. The zero-order valence-electron chi connectivity index (χ0n) is 13.3. The standard InChI is InChI=1S/C18H21NO3/c1-12-6-5-7-14(10-12)18(20)19-13(2)16-9-8-15(21-3)11-17(16)22-4/h5-11,13H,1-4H3,(H,19,20). The number of nitrogens with one attached hydrogen (secondary N) is 1. The van der Waals surface area contributed by atoms with Gasteiger partial charge in [0.25, 0.3) is 5.91 Å². The molecular formula is C18H21NO3. The van der Waals surface area contributed by atoms with Crippen molar-refractivity contribution in [1.82, 2.24) is 5.32 Å². The van der Waals surface area contributed by atoms with Crippen LogP contribution in [-0.2, 0) is 0 Å². The molecule has 0 bridgehead atoms. The third-order valence-corrected chi connectivity index (χ3v) is 3.54. The van der Waals surface area contributed by atoms with Gasteiger partial charge in [0.05, 0.1) is 20.3 Å². The van der Waals surface area contributed by atoms with E-state index in [1.54, 1.807) is 20.3 Å². The SMILES string of the molecule is COc1ccc(C(C)NC(=O)c2cccc(C)c2)c(OC)c1. The lowest BCUT2D eigenvalue weighted by Crippen LogP contribution is -2.27. The highest BCUT2D eigenvalue weighted by Crippen LogP contribution is 2.29. The second-order valence-corrected chi connectivity index (χ2v) is 5.17. The molecule has 22 heavy (non-hydrogen) atoms. The van der Waals surface area contributed by atoms with Crippen LogP contribution in [0.2, 0.25) is 0 Å². The highest BCUT2D eigenvalue weighted by Gasteiger charge is 2.16. The van der Waals surface area contributed by atoms with Crippen molar-refractivity contribution in [2.24, 2.45) is 0 Å². The maximum Gasteiger partial charge on any atom is 0.251 e. The van der Waals surface area contributed by atoms with E-state index < -0.39 is 0 Å². The first kappa shape index (κ1) is 15.9. The number of carbonyl (C=O) groups excluding carboxylic acids is 1. The van der Waals surface area contributed by atoms with Crippen molar-refractivity contribution in [3.63, 3.8) is 0 Å². The molecule has 0 spiro atoms. The highest BCUT2D eigenvalue weighted by molar-refractivity contribution is 5.94. The van der Waals surface area contributed by atoms with Gasteiger partial charge in [0.15, 0.2) is 0 Å². The topological polar surface area (TPSA) is 47.6 Å². The van der Waals surface area contributed by atoms with E-state index in [2.05, 4.69) is 5.32 Å². The summed E-state index contributed by atoms with van der Waals surface area (Å²) in [5, 5.41) is 2.99. The van der Waals surface area contributed by atoms with Crippen molar-refractivity contribution in [2.45, 2.75) is 19.9 Å². The molecule has 2 aromatic rings. The van der Waals surface area contributed by atoms with Crippen molar-refractivity contribution < 1.29 is 14.3 Å². The molecule has 116 valence electrons. The lowest BCUT2D eigenvalue weighted by Gasteiger charge is -2.18. The zero-order chi connectivity index (χ0) is 16.1. The van der Waals surface area contributed by atoms with Crippen LogP contribution < -0.4 is 14.8 Å². The first-order chi connectivity index (χ1) is 10.5. The smallest absolute Gasteiger partial charge is 0.251 e. The Morgan fingerprint density at radius 2 is 1.86 bits per heavy atom. The van der Waals surface area contributed by atoms with E-state index >= 15 is 0 Å². The number of benzene rings is 2. The number of aryl methyl sites for hydroxylation is 1. The van der Waals surface area contributed by atoms with E-state index in [4.69, 9.17) is 9.47 Å². The number of hydrogen-bond acceptors (Lipinski definition) is 3. The van der Waals surface area contributed by atoms with Gasteiger partial charge < -0.3 is 14.8 Å². The van der Waals surface area contributed by atoms with Gasteiger partial charge in [-0.15, -0.1) is 0 Å². The number of ether oxygens (including phenoxy) is 2. The second kappa shape index (κ2) is 6.98. The lowest BCUT2D eigenvalue weighted by atomic mass is 10.1. The first-order valence-corrected chi connectivity index (χ1v) is 7.14. The van der Waals surface area contributed by atoms with Crippen molar-refractivity contribution >= 4 is 5.91 Å². The summed E-state index contributed by atoms with van der Waals surface area (Å²) in [5.74, 6) is 1.31. The maximum absolute atomic E-state index is 12.3. The zero-order valence-corrected chi connectivity index (χ0v) is 13.3. The molecule has 0 saturated heterocycles. The summed E-state index contributed by atoms with van der Waals surface area (Å²) in [6, 6.07) is 12.9. The molecule has 2 rings (SSSR count). The van der Waals surface area contributed by atoms with E-state index in [0.29, 0.717) is 11.3 Å². The van der Waals surface area contributed by atoms with E-state index in [1.165, 1.54) is 0 Å². The number of hydrogen-bond donors (Lipinski definition) is 1. The third kappa shape index (κ3) is 3.58. The van der Waals surface area contributed by atoms with E-state index in [-0.39, 0.29) is 11.9 Å². The van der Waals surface area contributed by atoms with Crippen LogP contribution in [0.25, 0.3) is 0 Å². The highest BCUT2D eigenvalue weighted by atomic mass is 16.5. The minimum absolute atomic E-state index is 0.103. The molecule has 0 saturated carbocycles. The fourth-order valence-corrected chi connectivity index (χ4v) is 2.32. The molecule has 0 aliphatic heterocycles. The van der Waals surface area contributed by atoms with Crippen LogP contribution in [-0.4, -0.2) is 20.1 Å². The summed E-state index contributed by atoms with van der Waals surface area (Å²) >= 11 is 0. The Morgan fingerprint density at radius 1 is 1.09 bits per heavy atom. The Hall–Kier alpha value is -2.49. The molecular weight excluding hydrogens is 278 g/mol. The first-order valence-electron chi connectivity index (χ1n) is 7.14. The van der Waals surface area contributed by atoms with Gasteiger partial charge in [-0.2, -0.15) is 0 Å². The van der Waals surface area contributed by atoms with E-state index in [1.807, 2.05) is 50.2 Å². The van der Waals surface area contributed by atoms with Crippen molar-refractivity contribution in [3.05, 3.63) is 59.2 Å². The second-order valence-electron chi connectivity index (χ2n) is 5.17. The van der Waals surface area contributed by atoms with Crippen LogP contribution in [0.5, 0.6) is 11.5 Å². The lowest BCUT2D eigenvalue weighted by molar-refractivity contribution is 0.0939. The molecule has 0 aliphatic carbocycles. The number of methoxy groups -OCH3 is 2. The molecule has 0 fully saturated rings. The molecule has 0 heterocycles. The molecule has 4 heteroatoms. The van der Waals surface area contributed by atoms with Crippen molar-refractivity contribution in [1.29, 1.82) is 0 Å². The summed E-state index contributed by atoms with van der Waals surface area (Å²) in [6.45, 7) is 3.89. The Bertz CT molecular complexity index is 667. The van der Waals surface area contributed by atoms with Gasteiger partial charge in [-0.25, -0.2) is 0 Å². The van der Waals surface area contributed by atoms with Gasteiger partial charge in [-0.3, -0.25) is 4.79 Å². The summed E-state index contributed by atoms with van der Waals surface area (Å²) < 4.78 is 10.6. The monoisotopic (exact) mass is 299 g/mol. The molecule has 0 aliphatic rings. The van der Waals surface area contributed by atoms with Crippen LogP contribution in [0.4, 0.5) is 0 Å². The molecule has 0 radical (unpaired) electrons. The minimum Gasteiger partial charge on any atom is -0.497 e. The van der Waals surface area contributed by atoms with Gasteiger partial charge in [0.1, 0.15) is 11.5 Å². The molecule has 2 aromatic carbocycles. The van der Waals surface area contributed by atoms with Gasteiger partial charge in [-0.1, -0.05) is 17.7 Å². The predicted octanol–water partition coefficient (Wildman–Crippen LogP) is 3.50. The average Bonchev–Trinajstić information content (AvgIpc) is 2.54. The molecule has 0 aromatic heterocycles. The van der Waals surface area contributed by atoms with E-state index in [0.717, 1.165) is 16.9 Å². The summed E-state index contributed by atoms with van der Waals surface area (Å²) in [6.07, 6.45) is 0. The van der Waals surface area contributed by atoms with E-state index in [9.17, 15) is 4.79 Å². The van der Waals surface area contributed by atoms with Crippen molar-refractivity contribution in [3.8, 4) is 11.5 Å². The Morgan fingerprint density at radius 3 is 2.50 bits per heavy atom. The number of amides is 1. The Balaban J connectivity index is 2.18. The largest absolute Gasteiger partial charge is 0.497 e. The molecule has 1 N–H and O–H groups in total. The number of rotatable bonds is 5. The van der Waals surface area contributed by atoms with Gasteiger partial charge in [0.2, 0.25) is 0 Å². The molecule has 1 amide bonds. The third-order valence-electron chi connectivity index (χ3n) is 3.54. The normalized spacial score (nSPS) is 11.6. The van der Waals surface area contributed by atoms with Gasteiger partial charge >= 0.3 is 0 Å². The van der Waals surface area contributed by atoms with Gasteiger partial charge in [0, 0.05) is 17.2 Å². The van der Waals surface area contributed by atoms with Gasteiger partial charge in [-0.05, 0) is 38.1 Å². The quantitative estimate of drug-likeness (QED) is 0.919. The fraction of sp³-hybridized carbons (Fsp3) is 0.278. The van der Waals surface area contributed by atoms with Crippen LogP contribution in [0.3, 0.4) is 0 Å². The van der Waals surface area contributed by atoms with Crippen LogP contribution in [0.1, 0.15) is 34.5 Å². The van der Waals surface area contributed by atoms with Crippen LogP contribution >= 0.6 is 0 Å². The fourth-order valence-electron chi connectivity index (χ4n) is 2.32. The van der Waals surface area contributed by atoms with Crippen LogP contribution in [0.15, 0.2) is 42.5 Å². The Kier molecular flexibility index (Phi) is 5.04. The summed E-state index contributed by atoms with van der Waals surface area (Å²) in [5.41, 5.74) is 2.62. The minimum atomic E-state index is -0.172. The average molecular weight is 299 g/mol. The summed E-state index contributed by atoms with van der Waals surface area (Å²) in [7, 11) is 3.21. The van der Waals surface area contributed by atoms with Crippen LogP contribution in [0, 0.1) is 6.92 Å². The number of carbonyl (C=O) groups is 1. The predicted molar refractivity (Wildman–Crippen MR) is 86.6 cm³/mol. The molecule has 1 atom stereocenters. The summed E-state index contributed by atoms with van der Waals surface area (Å²) in [4.78, 5) is 12.3. The van der Waals surface area contributed by atoms with Crippen molar-refractivity contribution in [2.75, 3.05) is 14.2 Å². The molecule has 1 unspecified atom stereocenters. The Labute approximate surface area is 131 Å².